The molecule has 3 fully saturated rings. The summed E-state index contributed by atoms with van der Waals surface area (Å²) >= 11 is 0. The standard InChI is InChI=1S/C11H18O3/c12-4-10(5-13-6-10)11(7-14-8-11)9-2-1-3-9/h9,12H,1-8H2. The molecule has 0 aromatic rings. The largest absolute Gasteiger partial charge is 0.396 e. The smallest absolute Gasteiger partial charge is 0.0574 e. The summed E-state index contributed by atoms with van der Waals surface area (Å²) in [6.45, 7) is 3.45. The fourth-order valence-electron chi connectivity index (χ4n) is 3.14. The van der Waals surface area contributed by atoms with Gasteiger partial charge in [-0.15, -0.1) is 0 Å². The summed E-state index contributed by atoms with van der Waals surface area (Å²) < 4.78 is 10.7. The van der Waals surface area contributed by atoms with Crippen LogP contribution in [0.1, 0.15) is 19.3 Å². The zero-order valence-electron chi connectivity index (χ0n) is 8.50. The molecule has 0 aromatic heterocycles. The quantitative estimate of drug-likeness (QED) is 0.729. The molecular weight excluding hydrogens is 180 g/mol. The second-order valence-corrected chi connectivity index (χ2v) is 5.21. The molecule has 0 aromatic carbocycles. The maximum Gasteiger partial charge on any atom is 0.0574 e. The monoisotopic (exact) mass is 198 g/mol. The Labute approximate surface area is 84.4 Å². The topological polar surface area (TPSA) is 38.7 Å². The lowest BCUT2D eigenvalue weighted by Crippen LogP contribution is -2.69. The molecule has 2 saturated heterocycles. The normalized spacial score (nSPS) is 34.1. The van der Waals surface area contributed by atoms with Crippen molar-refractivity contribution in [2.75, 3.05) is 33.0 Å². The van der Waals surface area contributed by atoms with E-state index in [1.54, 1.807) is 0 Å². The van der Waals surface area contributed by atoms with E-state index in [-0.39, 0.29) is 17.4 Å². The highest BCUT2D eigenvalue weighted by Crippen LogP contribution is 2.59. The minimum atomic E-state index is 0.0380. The minimum Gasteiger partial charge on any atom is -0.396 e. The molecule has 3 rings (SSSR count). The molecule has 1 saturated carbocycles. The first-order chi connectivity index (χ1) is 6.83. The predicted molar refractivity (Wildman–Crippen MR) is 50.9 cm³/mol. The lowest BCUT2D eigenvalue weighted by atomic mass is 9.50. The van der Waals surface area contributed by atoms with E-state index in [1.165, 1.54) is 19.3 Å². The van der Waals surface area contributed by atoms with E-state index in [9.17, 15) is 5.11 Å². The average molecular weight is 198 g/mol. The molecule has 2 heterocycles. The molecule has 3 aliphatic rings. The summed E-state index contributed by atoms with van der Waals surface area (Å²) in [5, 5.41) is 9.57. The fourth-order valence-corrected chi connectivity index (χ4v) is 3.14. The van der Waals surface area contributed by atoms with E-state index >= 15 is 0 Å². The molecule has 2 aliphatic heterocycles. The van der Waals surface area contributed by atoms with E-state index in [1.807, 2.05) is 0 Å². The van der Waals surface area contributed by atoms with Gasteiger partial charge >= 0.3 is 0 Å². The van der Waals surface area contributed by atoms with Gasteiger partial charge in [-0.05, 0) is 18.8 Å². The van der Waals surface area contributed by atoms with Crippen molar-refractivity contribution in [1.29, 1.82) is 0 Å². The van der Waals surface area contributed by atoms with Crippen molar-refractivity contribution >= 4 is 0 Å². The van der Waals surface area contributed by atoms with Crippen molar-refractivity contribution in [3.63, 3.8) is 0 Å². The van der Waals surface area contributed by atoms with Crippen molar-refractivity contribution in [2.45, 2.75) is 19.3 Å². The van der Waals surface area contributed by atoms with Gasteiger partial charge < -0.3 is 14.6 Å². The summed E-state index contributed by atoms with van der Waals surface area (Å²) in [5.74, 6) is 0.785. The number of ether oxygens (including phenoxy) is 2. The molecule has 1 aliphatic carbocycles. The maximum atomic E-state index is 9.57. The van der Waals surface area contributed by atoms with Gasteiger partial charge in [0, 0.05) is 5.41 Å². The molecule has 0 amide bonds. The Hall–Kier alpha value is -0.120. The summed E-state index contributed by atoms with van der Waals surface area (Å²) in [6.07, 6.45) is 4.00. The molecule has 0 radical (unpaired) electrons. The molecule has 14 heavy (non-hydrogen) atoms. The van der Waals surface area contributed by atoms with Gasteiger partial charge in [-0.3, -0.25) is 0 Å². The van der Waals surface area contributed by atoms with Gasteiger partial charge in [0.15, 0.2) is 0 Å². The van der Waals surface area contributed by atoms with Crippen LogP contribution in [-0.2, 0) is 9.47 Å². The van der Waals surface area contributed by atoms with Crippen LogP contribution < -0.4 is 0 Å². The predicted octanol–water partition coefficient (Wildman–Crippen LogP) is 0.812. The Morgan fingerprint density at radius 1 is 1.07 bits per heavy atom. The van der Waals surface area contributed by atoms with Crippen LogP contribution in [0.2, 0.25) is 0 Å². The van der Waals surface area contributed by atoms with E-state index in [2.05, 4.69) is 0 Å². The third-order valence-electron chi connectivity index (χ3n) is 4.72. The van der Waals surface area contributed by atoms with Crippen LogP contribution in [0.5, 0.6) is 0 Å². The SMILES string of the molecule is OCC1(C2(C3CCC3)COC2)COC1. The van der Waals surface area contributed by atoms with Gasteiger partial charge in [-0.25, -0.2) is 0 Å². The van der Waals surface area contributed by atoms with E-state index in [4.69, 9.17) is 9.47 Å². The number of aliphatic hydroxyl groups excluding tert-OH is 1. The lowest BCUT2D eigenvalue weighted by Gasteiger charge is -2.63. The van der Waals surface area contributed by atoms with Gasteiger partial charge in [-0.2, -0.15) is 0 Å². The van der Waals surface area contributed by atoms with Crippen LogP contribution in [0, 0.1) is 16.7 Å². The Kier molecular flexibility index (Phi) is 1.92. The van der Waals surface area contributed by atoms with Crippen LogP contribution in [0.15, 0.2) is 0 Å². The van der Waals surface area contributed by atoms with E-state index < -0.39 is 0 Å². The number of hydrogen-bond donors (Lipinski definition) is 1. The summed E-state index contributed by atoms with van der Waals surface area (Å²) in [7, 11) is 0. The van der Waals surface area contributed by atoms with Crippen LogP contribution in [0.25, 0.3) is 0 Å². The summed E-state index contributed by atoms with van der Waals surface area (Å²) in [6, 6.07) is 0. The molecule has 0 spiro atoms. The number of aliphatic hydroxyl groups is 1. The van der Waals surface area contributed by atoms with Crippen molar-refractivity contribution < 1.29 is 14.6 Å². The third-order valence-corrected chi connectivity index (χ3v) is 4.72. The molecule has 0 bridgehead atoms. The Morgan fingerprint density at radius 2 is 1.71 bits per heavy atom. The first kappa shape index (κ1) is 9.13. The van der Waals surface area contributed by atoms with Crippen LogP contribution in [-0.4, -0.2) is 38.1 Å². The third kappa shape index (κ3) is 0.884. The molecule has 0 unspecified atom stereocenters. The van der Waals surface area contributed by atoms with Crippen molar-refractivity contribution in [2.24, 2.45) is 16.7 Å². The zero-order valence-corrected chi connectivity index (χ0v) is 8.50. The van der Waals surface area contributed by atoms with Crippen LogP contribution in [0.4, 0.5) is 0 Å². The van der Waals surface area contributed by atoms with Crippen molar-refractivity contribution in [3.05, 3.63) is 0 Å². The number of hydrogen-bond acceptors (Lipinski definition) is 3. The summed E-state index contributed by atoms with van der Waals surface area (Å²) in [5.41, 5.74) is 0.300. The Morgan fingerprint density at radius 3 is 1.93 bits per heavy atom. The molecule has 80 valence electrons. The Balaban J connectivity index is 1.83. The lowest BCUT2D eigenvalue weighted by molar-refractivity contribution is -0.307. The first-order valence-corrected chi connectivity index (χ1v) is 5.59. The van der Waals surface area contributed by atoms with Gasteiger partial charge in [0.25, 0.3) is 0 Å². The second-order valence-electron chi connectivity index (χ2n) is 5.21. The average Bonchev–Trinajstić information content (AvgIpc) is 1.94. The zero-order chi connectivity index (χ0) is 9.65. The fraction of sp³-hybridized carbons (Fsp3) is 1.00. The van der Waals surface area contributed by atoms with Gasteiger partial charge in [0.2, 0.25) is 0 Å². The highest BCUT2D eigenvalue weighted by Gasteiger charge is 2.63. The van der Waals surface area contributed by atoms with Crippen LogP contribution in [0.3, 0.4) is 0 Å². The van der Waals surface area contributed by atoms with Gasteiger partial charge in [0.1, 0.15) is 0 Å². The molecule has 0 atom stereocenters. The van der Waals surface area contributed by atoms with Gasteiger partial charge in [0.05, 0.1) is 38.4 Å². The second kappa shape index (κ2) is 2.94. The van der Waals surface area contributed by atoms with Gasteiger partial charge in [-0.1, -0.05) is 6.42 Å². The summed E-state index contributed by atoms with van der Waals surface area (Å²) in [4.78, 5) is 0. The minimum absolute atomic E-state index is 0.0380. The maximum absolute atomic E-state index is 9.57. The highest BCUT2D eigenvalue weighted by atomic mass is 16.5. The molecule has 3 nitrogen and oxygen atoms in total. The highest BCUT2D eigenvalue weighted by molar-refractivity contribution is 5.09. The van der Waals surface area contributed by atoms with Crippen molar-refractivity contribution in [1.82, 2.24) is 0 Å². The van der Waals surface area contributed by atoms with E-state index in [0.717, 1.165) is 32.3 Å². The molecule has 3 heteroatoms. The van der Waals surface area contributed by atoms with Crippen molar-refractivity contribution in [3.8, 4) is 0 Å². The Bertz CT molecular complexity index is 221. The molecule has 1 N–H and O–H groups in total. The van der Waals surface area contributed by atoms with Crippen LogP contribution >= 0.6 is 0 Å². The molecular formula is C11H18O3. The first-order valence-electron chi connectivity index (χ1n) is 5.59. The number of rotatable bonds is 3. The van der Waals surface area contributed by atoms with E-state index in [0.29, 0.717) is 0 Å².